The van der Waals surface area contributed by atoms with Crippen molar-refractivity contribution in [3.05, 3.63) is 0 Å². The van der Waals surface area contributed by atoms with Crippen LogP contribution in [0.25, 0.3) is 0 Å². The summed E-state index contributed by atoms with van der Waals surface area (Å²) in [7, 11) is -3.03. The van der Waals surface area contributed by atoms with E-state index in [2.05, 4.69) is 21.2 Å². The summed E-state index contributed by atoms with van der Waals surface area (Å²) in [4.78, 5) is 11.1. The Labute approximate surface area is 93.5 Å². The minimum atomic E-state index is -3.03. The summed E-state index contributed by atoms with van der Waals surface area (Å²) in [5, 5.41) is 2.62. The van der Waals surface area contributed by atoms with Crippen molar-refractivity contribution >= 4 is 31.7 Å². The molecule has 0 aromatic carbocycles. The van der Waals surface area contributed by atoms with E-state index in [0.29, 0.717) is 6.42 Å². The van der Waals surface area contributed by atoms with Crippen LogP contribution in [0.2, 0.25) is 0 Å². The Balaban J connectivity index is 4.07. The largest absolute Gasteiger partial charge is 0.352 e. The van der Waals surface area contributed by atoms with E-state index in [1.54, 1.807) is 6.92 Å². The summed E-state index contributed by atoms with van der Waals surface area (Å²) >= 11 is 3.19. The average molecular weight is 286 g/mol. The third-order valence-electron chi connectivity index (χ3n) is 1.58. The Morgan fingerprint density at radius 2 is 2.00 bits per heavy atom. The third-order valence-corrected chi connectivity index (χ3v) is 3.75. The lowest BCUT2D eigenvalue weighted by molar-refractivity contribution is -0.120. The van der Waals surface area contributed by atoms with Crippen LogP contribution in [0.15, 0.2) is 0 Å². The zero-order valence-electron chi connectivity index (χ0n) is 8.58. The van der Waals surface area contributed by atoms with Crippen molar-refractivity contribution < 1.29 is 13.2 Å². The zero-order valence-corrected chi connectivity index (χ0v) is 11.0. The molecule has 6 heteroatoms. The molecular weight excluding hydrogens is 270 g/mol. The van der Waals surface area contributed by atoms with Gasteiger partial charge in [0.1, 0.15) is 9.84 Å². The normalized spacial score (nSPS) is 16.0. The van der Waals surface area contributed by atoms with E-state index in [4.69, 9.17) is 0 Å². The van der Waals surface area contributed by atoms with Gasteiger partial charge in [-0.2, -0.15) is 0 Å². The molecule has 0 aliphatic heterocycles. The molecule has 1 amide bonds. The molecule has 0 rings (SSSR count). The van der Waals surface area contributed by atoms with Gasteiger partial charge in [0, 0.05) is 12.3 Å². The molecule has 0 bridgehead atoms. The highest BCUT2D eigenvalue weighted by Gasteiger charge is 2.17. The van der Waals surface area contributed by atoms with Gasteiger partial charge in [0.2, 0.25) is 5.91 Å². The first-order chi connectivity index (χ1) is 6.26. The Morgan fingerprint density at radius 3 is 2.36 bits per heavy atom. The Kier molecular flexibility index (Phi) is 5.66. The van der Waals surface area contributed by atoms with Crippen molar-refractivity contribution in [2.24, 2.45) is 0 Å². The number of sulfone groups is 1. The van der Waals surface area contributed by atoms with E-state index in [0.717, 1.165) is 6.26 Å². The smallest absolute Gasteiger partial charge is 0.234 e. The van der Waals surface area contributed by atoms with Gasteiger partial charge in [0.25, 0.3) is 0 Å². The number of halogens is 1. The van der Waals surface area contributed by atoms with Crippen molar-refractivity contribution in [2.45, 2.75) is 31.1 Å². The monoisotopic (exact) mass is 285 g/mol. The second-order valence-corrected chi connectivity index (χ2v) is 6.67. The van der Waals surface area contributed by atoms with Gasteiger partial charge in [-0.3, -0.25) is 4.79 Å². The molecule has 0 aliphatic rings. The quantitative estimate of drug-likeness (QED) is 0.757. The molecule has 0 heterocycles. The van der Waals surface area contributed by atoms with Gasteiger partial charge in [-0.15, -0.1) is 0 Å². The Bertz CT molecular complexity index is 289. The van der Waals surface area contributed by atoms with Gasteiger partial charge in [-0.1, -0.05) is 22.9 Å². The SMILES string of the molecule is CCC(Br)C(=O)NC(C)CS(C)(=O)=O. The van der Waals surface area contributed by atoms with Crippen LogP contribution in [-0.2, 0) is 14.6 Å². The lowest BCUT2D eigenvalue weighted by Crippen LogP contribution is -2.41. The molecule has 0 spiro atoms. The number of carbonyl (C=O) groups is 1. The molecule has 0 aliphatic carbocycles. The van der Waals surface area contributed by atoms with Crippen LogP contribution in [0.1, 0.15) is 20.3 Å². The standard InChI is InChI=1S/C8H16BrNO3S/c1-4-7(9)8(11)10-6(2)5-14(3,12)13/h6-7H,4-5H2,1-3H3,(H,10,11). The molecule has 0 aromatic rings. The fourth-order valence-electron chi connectivity index (χ4n) is 1.01. The third kappa shape index (κ3) is 6.37. The molecule has 4 nitrogen and oxygen atoms in total. The summed E-state index contributed by atoms with van der Waals surface area (Å²) in [6, 6.07) is -0.343. The van der Waals surface area contributed by atoms with E-state index in [1.165, 1.54) is 0 Å². The number of rotatable bonds is 5. The van der Waals surface area contributed by atoms with Crippen LogP contribution in [-0.4, -0.2) is 37.2 Å². The molecule has 84 valence electrons. The van der Waals surface area contributed by atoms with Crippen LogP contribution in [0.3, 0.4) is 0 Å². The summed E-state index contributed by atoms with van der Waals surface area (Å²) < 4.78 is 21.8. The molecule has 2 atom stereocenters. The summed E-state index contributed by atoms with van der Waals surface area (Å²) in [5.74, 6) is -0.189. The van der Waals surface area contributed by atoms with Gasteiger partial charge >= 0.3 is 0 Å². The van der Waals surface area contributed by atoms with Crippen molar-refractivity contribution in [3.8, 4) is 0 Å². The van der Waals surface area contributed by atoms with Crippen LogP contribution in [0.4, 0.5) is 0 Å². The zero-order chi connectivity index (χ0) is 11.4. The van der Waals surface area contributed by atoms with Crippen molar-refractivity contribution in [1.82, 2.24) is 5.32 Å². The minimum Gasteiger partial charge on any atom is -0.352 e. The van der Waals surface area contributed by atoms with Gasteiger partial charge in [0.05, 0.1) is 10.6 Å². The molecule has 0 radical (unpaired) electrons. The van der Waals surface area contributed by atoms with Crippen molar-refractivity contribution in [3.63, 3.8) is 0 Å². The highest BCUT2D eigenvalue weighted by molar-refractivity contribution is 9.10. The molecule has 14 heavy (non-hydrogen) atoms. The lowest BCUT2D eigenvalue weighted by atomic mass is 10.3. The molecular formula is C8H16BrNO3S. The van der Waals surface area contributed by atoms with E-state index >= 15 is 0 Å². The summed E-state index contributed by atoms with van der Waals surface area (Å²) in [6.07, 6.45) is 1.83. The van der Waals surface area contributed by atoms with E-state index in [1.807, 2.05) is 6.92 Å². The number of amides is 1. The Morgan fingerprint density at radius 1 is 1.50 bits per heavy atom. The first kappa shape index (κ1) is 13.9. The highest BCUT2D eigenvalue weighted by atomic mass is 79.9. The summed E-state index contributed by atoms with van der Waals surface area (Å²) in [5.41, 5.74) is 0. The van der Waals surface area contributed by atoms with Crippen LogP contribution in [0.5, 0.6) is 0 Å². The molecule has 1 N–H and O–H groups in total. The number of hydrogen-bond donors (Lipinski definition) is 1. The van der Waals surface area contributed by atoms with Crippen molar-refractivity contribution in [2.75, 3.05) is 12.0 Å². The second kappa shape index (κ2) is 5.70. The van der Waals surface area contributed by atoms with Crippen LogP contribution in [0, 0.1) is 0 Å². The molecule has 0 aromatic heterocycles. The minimum absolute atomic E-state index is 0.0256. The van der Waals surface area contributed by atoms with Gasteiger partial charge in [0.15, 0.2) is 0 Å². The van der Waals surface area contributed by atoms with Crippen LogP contribution >= 0.6 is 15.9 Å². The molecule has 0 saturated carbocycles. The summed E-state index contributed by atoms with van der Waals surface area (Å²) in [6.45, 7) is 3.55. The molecule has 0 fully saturated rings. The fourth-order valence-corrected chi connectivity index (χ4v) is 2.14. The first-order valence-electron chi connectivity index (χ1n) is 4.38. The number of hydrogen-bond acceptors (Lipinski definition) is 3. The first-order valence-corrected chi connectivity index (χ1v) is 7.36. The second-order valence-electron chi connectivity index (χ2n) is 3.38. The highest BCUT2D eigenvalue weighted by Crippen LogP contribution is 2.04. The maximum Gasteiger partial charge on any atom is 0.234 e. The van der Waals surface area contributed by atoms with Gasteiger partial charge in [-0.25, -0.2) is 8.42 Å². The maximum atomic E-state index is 11.3. The van der Waals surface area contributed by atoms with Crippen LogP contribution < -0.4 is 5.32 Å². The number of alkyl halides is 1. The van der Waals surface area contributed by atoms with E-state index in [9.17, 15) is 13.2 Å². The lowest BCUT2D eigenvalue weighted by Gasteiger charge is -2.14. The number of nitrogens with one attached hydrogen (secondary N) is 1. The van der Waals surface area contributed by atoms with Gasteiger partial charge < -0.3 is 5.32 Å². The van der Waals surface area contributed by atoms with E-state index in [-0.39, 0.29) is 22.5 Å². The number of carbonyl (C=O) groups excluding carboxylic acids is 1. The Hall–Kier alpha value is -0.100. The molecule has 2 unspecified atom stereocenters. The topological polar surface area (TPSA) is 63.2 Å². The predicted octanol–water partition coefficient (Wildman–Crippen LogP) is 0.709. The van der Waals surface area contributed by atoms with E-state index < -0.39 is 9.84 Å². The fraction of sp³-hybridized carbons (Fsp3) is 0.875. The maximum absolute atomic E-state index is 11.3. The average Bonchev–Trinajstić information content (AvgIpc) is 1.99. The molecule has 0 saturated heterocycles. The predicted molar refractivity (Wildman–Crippen MR) is 60.3 cm³/mol. The van der Waals surface area contributed by atoms with Crippen molar-refractivity contribution in [1.29, 1.82) is 0 Å². The van der Waals surface area contributed by atoms with Gasteiger partial charge in [-0.05, 0) is 13.3 Å².